The Kier molecular flexibility index (Phi) is 5.11. The van der Waals surface area contributed by atoms with Crippen molar-refractivity contribution in [3.8, 4) is 6.07 Å². The van der Waals surface area contributed by atoms with Crippen molar-refractivity contribution >= 4 is 0 Å². The predicted octanol–water partition coefficient (Wildman–Crippen LogP) is 2.66. The van der Waals surface area contributed by atoms with Gasteiger partial charge < -0.3 is 5.32 Å². The van der Waals surface area contributed by atoms with Gasteiger partial charge in [-0.1, -0.05) is 6.07 Å². The first-order chi connectivity index (χ1) is 9.63. The van der Waals surface area contributed by atoms with Gasteiger partial charge in [0.15, 0.2) is 0 Å². The minimum absolute atomic E-state index is 0.345. The Morgan fingerprint density at radius 2 is 2.05 bits per heavy atom. The summed E-state index contributed by atoms with van der Waals surface area (Å²) in [5, 5.41) is 12.4. The van der Waals surface area contributed by atoms with Gasteiger partial charge in [0.05, 0.1) is 11.6 Å². The van der Waals surface area contributed by atoms with Crippen LogP contribution in [0.1, 0.15) is 36.8 Å². The van der Waals surface area contributed by atoms with Crippen LogP contribution in [0, 0.1) is 17.1 Å². The summed E-state index contributed by atoms with van der Waals surface area (Å²) in [7, 11) is 4.11. The first-order valence-corrected chi connectivity index (χ1v) is 7.20. The molecule has 4 heteroatoms. The fourth-order valence-corrected chi connectivity index (χ4v) is 2.99. The van der Waals surface area contributed by atoms with Gasteiger partial charge in [0.2, 0.25) is 0 Å². The molecule has 1 aliphatic rings. The van der Waals surface area contributed by atoms with E-state index >= 15 is 0 Å². The van der Waals surface area contributed by atoms with Crippen LogP contribution in [0.2, 0.25) is 0 Å². The van der Waals surface area contributed by atoms with Gasteiger partial charge in [0, 0.05) is 18.6 Å². The highest BCUT2D eigenvalue weighted by Crippen LogP contribution is 2.24. The van der Waals surface area contributed by atoms with Crippen molar-refractivity contribution in [2.75, 3.05) is 14.1 Å². The molecule has 1 saturated carbocycles. The van der Waals surface area contributed by atoms with Crippen molar-refractivity contribution < 1.29 is 4.39 Å². The zero-order valence-corrected chi connectivity index (χ0v) is 12.2. The molecule has 0 saturated heterocycles. The third-order valence-corrected chi connectivity index (χ3v) is 4.34. The molecule has 1 aromatic carbocycles. The molecule has 108 valence electrons. The second-order valence-electron chi connectivity index (χ2n) is 5.62. The standard InChI is InChI=1S/C16H22FN3/c1-19-15-5-7-16(8-6-15)20(2)11-12-3-4-14(17)9-13(12)10-18/h3-4,9,15-16,19H,5-8,11H2,1-2H3. The number of halogens is 1. The predicted molar refractivity (Wildman–Crippen MR) is 77.7 cm³/mol. The summed E-state index contributed by atoms with van der Waals surface area (Å²) < 4.78 is 13.1. The summed E-state index contributed by atoms with van der Waals surface area (Å²) in [5.74, 6) is -0.345. The molecule has 0 heterocycles. The molecule has 1 fully saturated rings. The third-order valence-electron chi connectivity index (χ3n) is 4.34. The van der Waals surface area contributed by atoms with Crippen molar-refractivity contribution in [2.45, 2.75) is 44.3 Å². The van der Waals surface area contributed by atoms with E-state index < -0.39 is 0 Å². The van der Waals surface area contributed by atoms with E-state index in [2.05, 4.69) is 23.3 Å². The van der Waals surface area contributed by atoms with Gasteiger partial charge in [-0.25, -0.2) is 4.39 Å². The molecular weight excluding hydrogens is 253 g/mol. The van der Waals surface area contributed by atoms with Crippen molar-refractivity contribution in [2.24, 2.45) is 0 Å². The molecule has 0 amide bonds. The Hall–Kier alpha value is -1.44. The summed E-state index contributed by atoms with van der Waals surface area (Å²) >= 11 is 0. The maximum absolute atomic E-state index is 13.1. The highest BCUT2D eigenvalue weighted by molar-refractivity contribution is 5.37. The SMILES string of the molecule is CNC1CCC(N(C)Cc2ccc(F)cc2C#N)CC1. The lowest BCUT2D eigenvalue weighted by molar-refractivity contribution is 0.170. The second-order valence-corrected chi connectivity index (χ2v) is 5.62. The minimum Gasteiger partial charge on any atom is -0.317 e. The Morgan fingerprint density at radius 3 is 2.65 bits per heavy atom. The molecule has 0 radical (unpaired) electrons. The van der Waals surface area contributed by atoms with E-state index in [9.17, 15) is 4.39 Å². The van der Waals surface area contributed by atoms with Gasteiger partial charge in [-0.3, -0.25) is 4.90 Å². The molecule has 0 unspecified atom stereocenters. The zero-order valence-electron chi connectivity index (χ0n) is 12.2. The number of hydrogen-bond acceptors (Lipinski definition) is 3. The molecule has 0 spiro atoms. The summed E-state index contributed by atoms with van der Waals surface area (Å²) in [4.78, 5) is 2.29. The van der Waals surface area contributed by atoms with Gasteiger partial charge in [0.1, 0.15) is 5.82 Å². The van der Waals surface area contributed by atoms with Crippen LogP contribution >= 0.6 is 0 Å². The van der Waals surface area contributed by atoms with E-state index in [1.165, 1.54) is 37.8 Å². The summed E-state index contributed by atoms with van der Waals surface area (Å²) in [6.45, 7) is 0.706. The molecule has 20 heavy (non-hydrogen) atoms. The number of hydrogen-bond donors (Lipinski definition) is 1. The smallest absolute Gasteiger partial charge is 0.124 e. The van der Waals surface area contributed by atoms with Crippen LogP contribution in [0.5, 0.6) is 0 Å². The Bertz CT molecular complexity index is 487. The zero-order chi connectivity index (χ0) is 14.5. The van der Waals surface area contributed by atoms with Crippen LogP contribution in [-0.4, -0.2) is 31.1 Å². The molecule has 2 rings (SSSR count). The van der Waals surface area contributed by atoms with Gasteiger partial charge in [-0.2, -0.15) is 5.26 Å². The van der Waals surface area contributed by atoms with Crippen LogP contribution in [0.15, 0.2) is 18.2 Å². The van der Waals surface area contributed by atoms with Crippen LogP contribution in [0.3, 0.4) is 0 Å². The molecule has 0 bridgehead atoms. The molecular formula is C16H22FN3. The quantitative estimate of drug-likeness (QED) is 0.918. The summed E-state index contributed by atoms with van der Waals surface area (Å²) in [5.41, 5.74) is 1.35. The second kappa shape index (κ2) is 6.83. The molecule has 0 aromatic heterocycles. The van der Waals surface area contributed by atoms with E-state index in [0.717, 1.165) is 5.56 Å². The highest BCUT2D eigenvalue weighted by atomic mass is 19.1. The summed E-state index contributed by atoms with van der Waals surface area (Å²) in [6.07, 6.45) is 4.73. The Labute approximate surface area is 120 Å². The minimum atomic E-state index is -0.345. The van der Waals surface area contributed by atoms with Gasteiger partial charge >= 0.3 is 0 Å². The highest BCUT2D eigenvalue weighted by Gasteiger charge is 2.23. The maximum atomic E-state index is 13.1. The van der Waals surface area contributed by atoms with Gasteiger partial charge in [-0.05, 0) is 57.5 Å². The normalized spacial score (nSPS) is 22.8. The fraction of sp³-hybridized carbons (Fsp3) is 0.562. The number of nitrogens with one attached hydrogen (secondary N) is 1. The topological polar surface area (TPSA) is 39.1 Å². The van der Waals surface area contributed by atoms with Crippen molar-refractivity contribution in [3.05, 3.63) is 35.1 Å². The van der Waals surface area contributed by atoms with Crippen molar-refractivity contribution in [3.63, 3.8) is 0 Å². The number of rotatable bonds is 4. The monoisotopic (exact) mass is 275 g/mol. The fourth-order valence-electron chi connectivity index (χ4n) is 2.99. The third kappa shape index (κ3) is 3.56. The molecule has 1 aliphatic carbocycles. The van der Waals surface area contributed by atoms with Crippen LogP contribution in [0.25, 0.3) is 0 Å². The average molecular weight is 275 g/mol. The van der Waals surface area contributed by atoms with E-state index in [1.807, 2.05) is 7.05 Å². The van der Waals surface area contributed by atoms with Gasteiger partial charge in [-0.15, -0.1) is 0 Å². The first-order valence-electron chi connectivity index (χ1n) is 7.20. The molecule has 0 aliphatic heterocycles. The Morgan fingerprint density at radius 1 is 1.35 bits per heavy atom. The Balaban J connectivity index is 1.98. The van der Waals surface area contributed by atoms with E-state index in [0.29, 0.717) is 24.2 Å². The van der Waals surface area contributed by atoms with Crippen LogP contribution in [-0.2, 0) is 6.54 Å². The average Bonchev–Trinajstić information content (AvgIpc) is 2.49. The molecule has 0 atom stereocenters. The first kappa shape index (κ1) is 15.0. The number of benzene rings is 1. The molecule has 1 aromatic rings. The maximum Gasteiger partial charge on any atom is 0.124 e. The van der Waals surface area contributed by atoms with E-state index in [1.54, 1.807) is 6.07 Å². The van der Waals surface area contributed by atoms with E-state index in [4.69, 9.17) is 5.26 Å². The van der Waals surface area contributed by atoms with Gasteiger partial charge in [0.25, 0.3) is 0 Å². The number of nitriles is 1. The largest absolute Gasteiger partial charge is 0.317 e. The van der Waals surface area contributed by atoms with Crippen LogP contribution in [0.4, 0.5) is 4.39 Å². The lowest BCUT2D eigenvalue weighted by Crippen LogP contribution is -2.39. The van der Waals surface area contributed by atoms with E-state index in [-0.39, 0.29) is 5.82 Å². The summed E-state index contributed by atoms with van der Waals surface area (Å²) in [6, 6.07) is 7.75. The molecule has 3 nitrogen and oxygen atoms in total. The van der Waals surface area contributed by atoms with Crippen molar-refractivity contribution in [1.29, 1.82) is 5.26 Å². The lowest BCUT2D eigenvalue weighted by Gasteiger charge is -2.34. The van der Waals surface area contributed by atoms with Crippen LogP contribution < -0.4 is 5.32 Å². The molecule has 1 N–H and O–H groups in total. The van der Waals surface area contributed by atoms with Crippen molar-refractivity contribution in [1.82, 2.24) is 10.2 Å². The lowest BCUT2D eigenvalue weighted by atomic mass is 9.90. The number of nitrogens with zero attached hydrogens (tertiary/aromatic N) is 2.